The largest absolute Gasteiger partial charge is 0.437 e. The number of hydrogen-bond donors (Lipinski definition) is 0. The van der Waals surface area contributed by atoms with Crippen molar-refractivity contribution in [3.8, 4) is 11.3 Å². The van der Waals surface area contributed by atoms with Gasteiger partial charge in [-0.25, -0.2) is 4.98 Å². The molecule has 5 rings (SSSR count). The van der Waals surface area contributed by atoms with E-state index in [0.29, 0.717) is 41.8 Å². The van der Waals surface area contributed by atoms with Crippen molar-refractivity contribution in [2.75, 3.05) is 0 Å². The van der Waals surface area contributed by atoms with Gasteiger partial charge in [0.05, 0.1) is 11.7 Å². The molecule has 0 amide bonds. The number of dihydropyridines is 1. The number of fused-ring (bicyclic) bond motifs is 3. The third-order valence-corrected chi connectivity index (χ3v) is 7.54. The molecule has 1 unspecified atom stereocenters. The number of furan rings is 1. The van der Waals surface area contributed by atoms with Crippen LogP contribution in [0.1, 0.15) is 110 Å². The number of aromatic nitrogens is 1. The number of benzene rings is 2. The molecule has 4 aromatic rings. The summed E-state index contributed by atoms with van der Waals surface area (Å²) in [7, 11) is 0. The monoisotopic (exact) mass is 498 g/mol. The van der Waals surface area contributed by atoms with Gasteiger partial charge in [0.25, 0.3) is 0 Å². The van der Waals surface area contributed by atoms with E-state index in [-0.39, 0.29) is 5.57 Å². The summed E-state index contributed by atoms with van der Waals surface area (Å²) in [5, 5.41) is 1.72. The second-order valence-electron chi connectivity index (χ2n) is 10.3. The Hall–Kier alpha value is -3.20. The lowest BCUT2D eigenvalue weighted by Gasteiger charge is -2.26. The summed E-state index contributed by atoms with van der Waals surface area (Å²) in [4.78, 5) is 9.65. The predicted molar refractivity (Wildman–Crippen MR) is 158 cm³/mol. The van der Waals surface area contributed by atoms with Gasteiger partial charge in [-0.1, -0.05) is 83.5 Å². The number of rotatable bonds is 7. The first-order valence-electron chi connectivity index (χ1n) is 16.2. The van der Waals surface area contributed by atoms with E-state index < -0.39 is 30.6 Å². The average Bonchev–Trinajstić information content (AvgIpc) is 3.32. The van der Waals surface area contributed by atoms with E-state index in [1.165, 1.54) is 6.21 Å². The Morgan fingerprint density at radius 1 is 0.946 bits per heavy atom. The van der Waals surface area contributed by atoms with Crippen molar-refractivity contribution >= 4 is 28.3 Å². The van der Waals surface area contributed by atoms with E-state index in [2.05, 4.69) is 0 Å². The second-order valence-corrected chi connectivity index (χ2v) is 10.3. The van der Waals surface area contributed by atoms with Crippen molar-refractivity contribution in [2.45, 2.75) is 85.5 Å². The van der Waals surface area contributed by atoms with Gasteiger partial charge in [0.2, 0.25) is 5.71 Å². The molecule has 0 fully saturated rings. The molecule has 1 aliphatic heterocycles. The molecular weight excluding hydrogens is 452 g/mol. The lowest BCUT2D eigenvalue weighted by atomic mass is 9.83. The number of aliphatic imine (C=N–C) groups is 1. The summed E-state index contributed by atoms with van der Waals surface area (Å²) < 4.78 is 57.6. The molecule has 2 aromatic heterocycles. The van der Waals surface area contributed by atoms with Crippen LogP contribution in [-0.2, 0) is 0 Å². The Balaban J connectivity index is 1.67. The van der Waals surface area contributed by atoms with Crippen LogP contribution < -0.4 is 0 Å². The topological polar surface area (TPSA) is 38.4 Å². The van der Waals surface area contributed by atoms with Crippen molar-refractivity contribution in [3.05, 3.63) is 76.4 Å². The highest BCUT2D eigenvalue weighted by Gasteiger charge is 2.25. The van der Waals surface area contributed by atoms with E-state index in [1.54, 1.807) is 0 Å². The second kappa shape index (κ2) is 10.3. The Labute approximate surface area is 230 Å². The van der Waals surface area contributed by atoms with Crippen molar-refractivity contribution < 1.29 is 12.6 Å². The maximum atomic E-state index is 9.12. The Bertz CT molecular complexity index is 1710. The molecule has 0 bridgehead atoms. The normalized spacial score (nSPS) is 19.9. The third kappa shape index (κ3) is 4.54. The Kier molecular flexibility index (Phi) is 5.27. The average molecular weight is 499 g/mol. The predicted octanol–water partition coefficient (Wildman–Crippen LogP) is 10.2. The molecule has 0 saturated carbocycles. The molecule has 0 radical (unpaired) electrons. The molecule has 2 aromatic carbocycles. The molecule has 1 atom stereocenters. The van der Waals surface area contributed by atoms with Crippen LogP contribution in [0.15, 0.2) is 69.1 Å². The van der Waals surface area contributed by atoms with E-state index in [4.69, 9.17) is 22.6 Å². The SMILES string of the molecule is [2H]C([2H])([2H])C1=C(C([2H])(CC)CC)CC(c2cccc3c2oc2nc(-c4c(C([2H])(C)C)cccc4C([2H])(C)C)ccc23)N=C1. The first-order chi connectivity index (χ1) is 20.0. The summed E-state index contributed by atoms with van der Waals surface area (Å²) in [6.45, 7) is 8.87. The molecule has 3 nitrogen and oxygen atoms in total. The van der Waals surface area contributed by atoms with Gasteiger partial charge in [-0.2, -0.15) is 0 Å². The maximum Gasteiger partial charge on any atom is 0.227 e. The lowest BCUT2D eigenvalue weighted by molar-refractivity contribution is 0.520. The zero-order chi connectivity index (χ0) is 31.5. The molecule has 0 aliphatic carbocycles. The van der Waals surface area contributed by atoms with Gasteiger partial charge in [0, 0.05) is 36.3 Å². The molecular formula is C34H40N2O. The van der Waals surface area contributed by atoms with Crippen LogP contribution in [0.4, 0.5) is 0 Å². The van der Waals surface area contributed by atoms with Crippen LogP contribution in [0.3, 0.4) is 0 Å². The zero-order valence-electron chi connectivity index (χ0n) is 28.7. The van der Waals surface area contributed by atoms with Gasteiger partial charge in [0.15, 0.2) is 0 Å². The lowest BCUT2D eigenvalue weighted by Crippen LogP contribution is -2.13. The molecule has 192 valence electrons. The van der Waals surface area contributed by atoms with Gasteiger partial charge in [0.1, 0.15) is 5.58 Å². The first kappa shape index (κ1) is 19.0. The molecule has 37 heavy (non-hydrogen) atoms. The first-order valence-corrected chi connectivity index (χ1v) is 13.2. The molecule has 0 N–H and O–H groups in total. The highest BCUT2D eigenvalue weighted by atomic mass is 16.3. The highest BCUT2D eigenvalue weighted by Crippen LogP contribution is 2.41. The molecule has 3 heterocycles. The maximum absolute atomic E-state index is 9.12. The number of allylic oxidation sites excluding steroid dienone is 1. The molecule has 0 spiro atoms. The van der Waals surface area contributed by atoms with Gasteiger partial charge >= 0.3 is 0 Å². The van der Waals surface area contributed by atoms with Crippen LogP contribution in [-0.4, -0.2) is 11.2 Å². The molecule has 3 heteroatoms. The number of nitrogens with zero attached hydrogens (tertiary/aromatic N) is 2. The van der Waals surface area contributed by atoms with Gasteiger partial charge < -0.3 is 4.42 Å². The minimum atomic E-state index is -2.34. The Morgan fingerprint density at radius 2 is 1.65 bits per heavy atom. The molecule has 0 saturated heterocycles. The minimum absolute atomic E-state index is 0.176. The standard InChI is InChI=1S/C34H40N2O/c1-8-23(9-2)29-18-31(35-19-22(29)7)28-15-11-14-26-27-16-17-30(36-34(27)37-33(26)28)32-24(20(3)4)12-10-13-25(32)21(5)6/h10-17,19-21,23,31H,8-9,18H2,1-7H3/i7D3,20D,21D,23D. The van der Waals surface area contributed by atoms with Crippen LogP contribution in [0.2, 0.25) is 0 Å². The van der Waals surface area contributed by atoms with E-state index >= 15 is 0 Å². The van der Waals surface area contributed by atoms with E-state index in [1.807, 2.05) is 90.1 Å². The van der Waals surface area contributed by atoms with Crippen LogP contribution in [0.25, 0.3) is 33.3 Å². The van der Waals surface area contributed by atoms with Crippen molar-refractivity contribution in [2.24, 2.45) is 10.9 Å². The highest BCUT2D eigenvalue weighted by molar-refractivity contribution is 6.05. The van der Waals surface area contributed by atoms with Crippen LogP contribution in [0, 0.1) is 5.89 Å². The van der Waals surface area contributed by atoms with Gasteiger partial charge in [-0.3, -0.25) is 4.99 Å². The number of hydrogen-bond acceptors (Lipinski definition) is 3. The van der Waals surface area contributed by atoms with Gasteiger partial charge in [-0.05, 0) is 72.6 Å². The summed E-state index contributed by atoms with van der Waals surface area (Å²) in [5.41, 5.74) is 5.71. The summed E-state index contributed by atoms with van der Waals surface area (Å²) in [6.07, 6.45) is 2.80. The summed E-state index contributed by atoms with van der Waals surface area (Å²) in [6, 6.07) is 15.2. The summed E-state index contributed by atoms with van der Waals surface area (Å²) >= 11 is 0. The quantitative estimate of drug-likeness (QED) is 0.254. The number of pyridine rings is 1. The third-order valence-electron chi connectivity index (χ3n) is 7.54. The summed E-state index contributed by atoms with van der Waals surface area (Å²) in [5.74, 6) is -2.80. The van der Waals surface area contributed by atoms with Crippen molar-refractivity contribution in [1.29, 1.82) is 0 Å². The smallest absolute Gasteiger partial charge is 0.227 e. The number of para-hydroxylation sites is 1. The zero-order valence-corrected chi connectivity index (χ0v) is 22.7. The van der Waals surface area contributed by atoms with Crippen molar-refractivity contribution in [3.63, 3.8) is 0 Å². The fourth-order valence-corrected chi connectivity index (χ4v) is 5.56. The van der Waals surface area contributed by atoms with Crippen LogP contribution in [0.5, 0.6) is 0 Å². The van der Waals surface area contributed by atoms with Crippen LogP contribution >= 0.6 is 0 Å². The Morgan fingerprint density at radius 3 is 2.30 bits per heavy atom. The minimum Gasteiger partial charge on any atom is -0.437 e. The fraction of sp³-hybridized carbons (Fsp3) is 0.412. The van der Waals surface area contributed by atoms with E-state index in [9.17, 15) is 0 Å². The molecule has 1 aliphatic rings. The van der Waals surface area contributed by atoms with Crippen molar-refractivity contribution in [1.82, 2.24) is 4.98 Å². The van der Waals surface area contributed by atoms with Gasteiger partial charge in [-0.15, -0.1) is 0 Å². The fourth-order valence-electron chi connectivity index (χ4n) is 5.56. The van der Waals surface area contributed by atoms with E-state index in [0.717, 1.165) is 33.0 Å².